The Balaban J connectivity index is 1.90. The number of furan rings is 1. The molecular formula is C16H17NO5. The predicted molar refractivity (Wildman–Crippen MR) is 78.4 cm³/mol. The van der Waals surface area contributed by atoms with Crippen molar-refractivity contribution in [3.63, 3.8) is 0 Å². The van der Waals surface area contributed by atoms with E-state index in [2.05, 4.69) is 5.32 Å². The number of carbonyl (C=O) groups excluding carboxylic acids is 2. The molecule has 2 rings (SSSR count). The molecule has 1 aromatic heterocycles. The molecule has 1 atom stereocenters. The number of hydrogen-bond acceptors (Lipinski definition) is 5. The maximum Gasteiger partial charge on any atom is 0.375 e. The summed E-state index contributed by atoms with van der Waals surface area (Å²) in [5, 5.41) is 2.40. The minimum absolute atomic E-state index is 0.0300. The highest BCUT2D eigenvalue weighted by molar-refractivity contribution is 5.89. The quantitative estimate of drug-likeness (QED) is 0.827. The van der Waals surface area contributed by atoms with Crippen molar-refractivity contribution in [2.24, 2.45) is 0 Å². The van der Waals surface area contributed by atoms with Crippen molar-refractivity contribution in [3.8, 4) is 5.75 Å². The monoisotopic (exact) mass is 303 g/mol. The lowest BCUT2D eigenvalue weighted by molar-refractivity contribution is -0.128. The zero-order valence-electron chi connectivity index (χ0n) is 12.4. The lowest BCUT2D eigenvalue weighted by atomic mass is 10.3. The number of rotatable bonds is 6. The van der Waals surface area contributed by atoms with Gasteiger partial charge in [0.2, 0.25) is 5.76 Å². The summed E-state index contributed by atoms with van der Waals surface area (Å²) in [6.45, 7) is 1.68. The van der Waals surface area contributed by atoms with Crippen LogP contribution < -0.4 is 10.1 Å². The predicted octanol–water partition coefficient (Wildman–Crippen LogP) is 2.15. The van der Waals surface area contributed by atoms with Gasteiger partial charge in [-0.25, -0.2) is 4.79 Å². The minimum atomic E-state index is -0.883. The van der Waals surface area contributed by atoms with Gasteiger partial charge in [-0.15, -0.1) is 0 Å². The number of para-hydroxylation sites is 1. The molecule has 0 aliphatic carbocycles. The number of carbonyl (C=O) groups is 2. The molecule has 1 heterocycles. The average molecular weight is 303 g/mol. The standard InChI is InChI=1S/C16H17NO5/c1-11(15(18)17-2)21-16(19)14-9-8-13(22-14)10-20-12-6-4-3-5-7-12/h3-9,11H,10H2,1-2H3,(H,17,18). The van der Waals surface area contributed by atoms with Crippen LogP contribution in [0.2, 0.25) is 0 Å². The smallest absolute Gasteiger partial charge is 0.375 e. The van der Waals surface area contributed by atoms with Crippen LogP contribution in [0.4, 0.5) is 0 Å². The molecule has 0 radical (unpaired) electrons. The van der Waals surface area contributed by atoms with Crippen LogP contribution in [0, 0.1) is 0 Å². The SMILES string of the molecule is CNC(=O)C(C)OC(=O)c1ccc(COc2ccccc2)o1. The Hall–Kier alpha value is -2.76. The molecule has 0 saturated heterocycles. The molecule has 1 aromatic carbocycles. The van der Waals surface area contributed by atoms with Gasteiger partial charge in [-0.3, -0.25) is 4.79 Å². The Labute approximate surface area is 128 Å². The summed E-state index contributed by atoms with van der Waals surface area (Å²) in [6, 6.07) is 12.4. The Morgan fingerprint density at radius 3 is 2.59 bits per heavy atom. The number of amides is 1. The summed E-state index contributed by atoms with van der Waals surface area (Å²) < 4.78 is 15.8. The van der Waals surface area contributed by atoms with Crippen molar-refractivity contribution in [1.82, 2.24) is 5.32 Å². The van der Waals surface area contributed by atoms with E-state index in [0.29, 0.717) is 11.5 Å². The normalized spacial score (nSPS) is 11.5. The molecule has 1 amide bonds. The second-order valence-corrected chi connectivity index (χ2v) is 4.53. The van der Waals surface area contributed by atoms with Gasteiger partial charge in [0.05, 0.1) is 0 Å². The number of nitrogens with one attached hydrogen (secondary N) is 1. The fourth-order valence-electron chi connectivity index (χ4n) is 1.71. The first-order valence-electron chi connectivity index (χ1n) is 6.79. The first-order valence-corrected chi connectivity index (χ1v) is 6.79. The van der Waals surface area contributed by atoms with Crippen molar-refractivity contribution in [3.05, 3.63) is 54.0 Å². The van der Waals surface area contributed by atoms with E-state index < -0.39 is 12.1 Å². The van der Waals surface area contributed by atoms with Crippen molar-refractivity contribution >= 4 is 11.9 Å². The molecule has 1 N–H and O–H groups in total. The van der Waals surface area contributed by atoms with Crippen molar-refractivity contribution in [2.75, 3.05) is 7.05 Å². The van der Waals surface area contributed by atoms with E-state index in [-0.39, 0.29) is 18.3 Å². The molecule has 0 aliphatic heterocycles. The number of esters is 1. The van der Waals surface area contributed by atoms with Gasteiger partial charge >= 0.3 is 5.97 Å². The zero-order chi connectivity index (χ0) is 15.9. The largest absolute Gasteiger partial charge is 0.486 e. The molecule has 2 aromatic rings. The Bertz CT molecular complexity index is 635. The van der Waals surface area contributed by atoms with Gasteiger partial charge < -0.3 is 19.2 Å². The molecule has 0 fully saturated rings. The number of benzene rings is 1. The highest BCUT2D eigenvalue weighted by Crippen LogP contribution is 2.15. The van der Waals surface area contributed by atoms with Gasteiger partial charge in [0, 0.05) is 7.05 Å². The van der Waals surface area contributed by atoms with Crippen LogP contribution in [-0.4, -0.2) is 25.0 Å². The summed E-state index contributed by atoms with van der Waals surface area (Å²) >= 11 is 0. The third kappa shape index (κ3) is 4.12. The molecule has 0 saturated carbocycles. The van der Waals surface area contributed by atoms with Crippen molar-refractivity contribution < 1.29 is 23.5 Å². The van der Waals surface area contributed by atoms with E-state index in [1.165, 1.54) is 20.0 Å². The minimum Gasteiger partial charge on any atom is -0.486 e. The third-order valence-corrected chi connectivity index (χ3v) is 2.89. The number of likely N-dealkylation sites (N-methyl/N-ethyl adjacent to an activating group) is 1. The van der Waals surface area contributed by atoms with E-state index >= 15 is 0 Å². The van der Waals surface area contributed by atoms with Crippen LogP contribution in [-0.2, 0) is 16.1 Å². The first kappa shape index (κ1) is 15.6. The summed E-state index contributed by atoms with van der Waals surface area (Å²) in [5.41, 5.74) is 0. The summed E-state index contributed by atoms with van der Waals surface area (Å²) in [7, 11) is 1.47. The van der Waals surface area contributed by atoms with Crippen LogP contribution in [0.1, 0.15) is 23.2 Å². The van der Waals surface area contributed by atoms with Crippen LogP contribution in [0.15, 0.2) is 46.9 Å². The number of ether oxygens (including phenoxy) is 2. The van der Waals surface area contributed by atoms with Gasteiger partial charge in [-0.2, -0.15) is 0 Å². The van der Waals surface area contributed by atoms with E-state index in [4.69, 9.17) is 13.9 Å². The lowest BCUT2D eigenvalue weighted by Gasteiger charge is -2.10. The molecule has 1 unspecified atom stereocenters. The first-order chi connectivity index (χ1) is 10.6. The van der Waals surface area contributed by atoms with E-state index in [1.807, 2.05) is 30.3 Å². The van der Waals surface area contributed by atoms with Crippen LogP contribution in [0.3, 0.4) is 0 Å². The summed E-state index contributed by atoms with van der Waals surface area (Å²) in [5.74, 6) is 0.150. The van der Waals surface area contributed by atoms with Crippen LogP contribution >= 0.6 is 0 Å². The second kappa shape index (κ2) is 7.31. The van der Waals surface area contributed by atoms with Crippen molar-refractivity contribution in [1.29, 1.82) is 0 Å². The van der Waals surface area contributed by atoms with Crippen LogP contribution in [0.5, 0.6) is 5.75 Å². The van der Waals surface area contributed by atoms with Gasteiger partial charge in [-0.05, 0) is 31.2 Å². The fourth-order valence-corrected chi connectivity index (χ4v) is 1.71. The lowest BCUT2D eigenvalue weighted by Crippen LogP contribution is -2.33. The fraction of sp³-hybridized carbons (Fsp3) is 0.250. The second-order valence-electron chi connectivity index (χ2n) is 4.53. The maximum atomic E-state index is 11.8. The van der Waals surface area contributed by atoms with Gasteiger partial charge in [0.15, 0.2) is 6.10 Å². The Morgan fingerprint density at radius 1 is 1.18 bits per heavy atom. The van der Waals surface area contributed by atoms with E-state index in [0.717, 1.165) is 0 Å². The Morgan fingerprint density at radius 2 is 1.91 bits per heavy atom. The summed E-state index contributed by atoms with van der Waals surface area (Å²) in [4.78, 5) is 23.1. The molecular weight excluding hydrogens is 286 g/mol. The highest BCUT2D eigenvalue weighted by atomic mass is 16.6. The zero-order valence-corrected chi connectivity index (χ0v) is 12.4. The summed E-state index contributed by atoms with van der Waals surface area (Å²) in [6.07, 6.45) is -0.883. The topological polar surface area (TPSA) is 77.8 Å². The highest BCUT2D eigenvalue weighted by Gasteiger charge is 2.20. The maximum absolute atomic E-state index is 11.8. The van der Waals surface area contributed by atoms with Crippen LogP contribution in [0.25, 0.3) is 0 Å². The van der Waals surface area contributed by atoms with Gasteiger partial charge in [-0.1, -0.05) is 18.2 Å². The van der Waals surface area contributed by atoms with Crippen molar-refractivity contribution in [2.45, 2.75) is 19.6 Å². The number of hydrogen-bond donors (Lipinski definition) is 1. The Kier molecular flexibility index (Phi) is 5.19. The molecule has 6 heteroatoms. The molecule has 0 aliphatic rings. The molecule has 0 bridgehead atoms. The molecule has 6 nitrogen and oxygen atoms in total. The van der Waals surface area contributed by atoms with Gasteiger partial charge in [0.1, 0.15) is 18.1 Å². The van der Waals surface area contributed by atoms with E-state index in [9.17, 15) is 9.59 Å². The van der Waals surface area contributed by atoms with Gasteiger partial charge in [0.25, 0.3) is 5.91 Å². The van der Waals surface area contributed by atoms with E-state index in [1.54, 1.807) is 6.07 Å². The molecule has 22 heavy (non-hydrogen) atoms. The third-order valence-electron chi connectivity index (χ3n) is 2.89. The molecule has 116 valence electrons. The molecule has 0 spiro atoms. The average Bonchev–Trinajstić information content (AvgIpc) is 3.02.